The quantitative estimate of drug-likeness (QED) is 0.609. The molecule has 0 aromatic heterocycles. The molecule has 20 heavy (non-hydrogen) atoms. The van der Waals surface area contributed by atoms with Crippen LogP contribution in [0.25, 0.3) is 0 Å². The zero-order valence-electron chi connectivity index (χ0n) is 12.3. The minimum Gasteiger partial charge on any atom is -0.492 e. The molecule has 1 aliphatic heterocycles. The van der Waals surface area contributed by atoms with Crippen molar-refractivity contribution in [3.05, 3.63) is 23.1 Å². The van der Waals surface area contributed by atoms with Gasteiger partial charge in [-0.25, -0.2) is 4.79 Å². The smallest absolute Gasteiger partial charge is 0.380 e. The standard InChI is InChI=1S/C14H21NO5/c1-5-14(12(16)19-17)9-7-13(3,4)8-10(18-6-2)11(9)15-20-14/h8,15,17H,5-7H2,1-4H3. The highest BCUT2D eigenvalue weighted by Gasteiger charge is 2.53. The minimum atomic E-state index is -1.29. The van der Waals surface area contributed by atoms with Gasteiger partial charge in [-0.2, -0.15) is 5.26 Å². The number of hydrogen-bond acceptors (Lipinski definition) is 6. The van der Waals surface area contributed by atoms with Crippen LogP contribution in [0.1, 0.15) is 40.5 Å². The maximum absolute atomic E-state index is 12.0. The number of hydroxylamine groups is 1. The highest BCUT2D eigenvalue weighted by molar-refractivity contribution is 5.84. The van der Waals surface area contributed by atoms with E-state index >= 15 is 0 Å². The lowest BCUT2D eigenvalue weighted by molar-refractivity contribution is -0.253. The second-order valence-corrected chi connectivity index (χ2v) is 5.72. The van der Waals surface area contributed by atoms with Crippen molar-refractivity contribution < 1.29 is 24.5 Å². The molecule has 1 atom stereocenters. The molecular formula is C14H21NO5. The fraction of sp³-hybridized carbons (Fsp3) is 0.643. The normalized spacial score (nSPS) is 27.6. The van der Waals surface area contributed by atoms with Gasteiger partial charge in [-0.15, -0.1) is 0 Å². The number of nitrogens with one attached hydrogen (secondary N) is 1. The maximum atomic E-state index is 12.0. The number of ether oxygens (including phenoxy) is 1. The van der Waals surface area contributed by atoms with Crippen LogP contribution in [0.5, 0.6) is 0 Å². The predicted molar refractivity (Wildman–Crippen MR) is 71.1 cm³/mol. The Kier molecular flexibility index (Phi) is 3.80. The number of carbonyl (C=O) groups excluding carboxylic acids is 1. The minimum absolute atomic E-state index is 0.172. The Labute approximate surface area is 118 Å². The van der Waals surface area contributed by atoms with E-state index in [1.54, 1.807) is 6.92 Å². The van der Waals surface area contributed by atoms with Crippen molar-refractivity contribution in [1.82, 2.24) is 5.48 Å². The molecule has 1 aliphatic carbocycles. The van der Waals surface area contributed by atoms with Crippen molar-refractivity contribution >= 4 is 5.97 Å². The average molecular weight is 283 g/mol. The summed E-state index contributed by atoms with van der Waals surface area (Å²) >= 11 is 0. The topological polar surface area (TPSA) is 77.0 Å². The van der Waals surface area contributed by atoms with Gasteiger partial charge in [0.15, 0.2) is 0 Å². The van der Waals surface area contributed by atoms with Gasteiger partial charge in [0.1, 0.15) is 11.5 Å². The molecule has 2 N–H and O–H groups in total. The van der Waals surface area contributed by atoms with E-state index in [2.05, 4.69) is 24.2 Å². The molecule has 0 saturated heterocycles. The van der Waals surface area contributed by atoms with Crippen molar-refractivity contribution in [2.45, 2.75) is 46.1 Å². The molecule has 0 aromatic rings. The van der Waals surface area contributed by atoms with Crippen LogP contribution in [0.2, 0.25) is 0 Å². The molecule has 2 rings (SSSR count). The molecule has 6 heteroatoms. The van der Waals surface area contributed by atoms with E-state index in [9.17, 15) is 4.79 Å². The number of allylic oxidation sites excluding steroid dienone is 1. The maximum Gasteiger partial charge on any atom is 0.380 e. The van der Waals surface area contributed by atoms with Gasteiger partial charge in [0, 0.05) is 5.57 Å². The first-order chi connectivity index (χ1) is 9.40. The zero-order valence-corrected chi connectivity index (χ0v) is 12.3. The van der Waals surface area contributed by atoms with Gasteiger partial charge >= 0.3 is 5.97 Å². The number of hydrogen-bond donors (Lipinski definition) is 2. The Bertz CT molecular complexity index is 480. The van der Waals surface area contributed by atoms with Crippen molar-refractivity contribution in [3.8, 4) is 0 Å². The largest absolute Gasteiger partial charge is 0.492 e. The Morgan fingerprint density at radius 2 is 2.20 bits per heavy atom. The second-order valence-electron chi connectivity index (χ2n) is 5.72. The third kappa shape index (κ3) is 2.19. The molecule has 6 nitrogen and oxygen atoms in total. The average Bonchev–Trinajstić information content (AvgIpc) is 2.76. The zero-order chi connectivity index (χ0) is 15.0. The van der Waals surface area contributed by atoms with Crippen LogP contribution in [0.15, 0.2) is 23.1 Å². The van der Waals surface area contributed by atoms with E-state index in [0.29, 0.717) is 30.9 Å². The molecule has 0 amide bonds. The first kappa shape index (κ1) is 14.9. The molecule has 0 radical (unpaired) electrons. The van der Waals surface area contributed by atoms with Crippen LogP contribution in [0, 0.1) is 5.41 Å². The molecule has 0 saturated carbocycles. The Morgan fingerprint density at radius 3 is 2.75 bits per heavy atom. The molecule has 112 valence electrons. The summed E-state index contributed by atoms with van der Waals surface area (Å²) in [6, 6.07) is 0. The lowest BCUT2D eigenvalue weighted by Gasteiger charge is -2.32. The summed E-state index contributed by atoms with van der Waals surface area (Å²) in [7, 11) is 0. The molecule has 0 aromatic carbocycles. The van der Waals surface area contributed by atoms with Crippen LogP contribution in [-0.4, -0.2) is 23.4 Å². The van der Waals surface area contributed by atoms with Crippen LogP contribution in [0.3, 0.4) is 0 Å². The van der Waals surface area contributed by atoms with Gasteiger partial charge in [0.2, 0.25) is 5.60 Å². The molecule has 0 spiro atoms. The van der Waals surface area contributed by atoms with E-state index in [0.717, 1.165) is 5.57 Å². The van der Waals surface area contributed by atoms with Gasteiger partial charge in [-0.3, -0.25) is 15.2 Å². The SMILES string of the molecule is CCOC1=CC(C)(C)CC2=C1NOC2(CC)C(=O)OO. The molecule has 0 fully saturated rings. The lowest BCUT2D eigenvalue weighted by atomic mass is 9.74. The van der Waals surface area contributed by atoms with Crippen molar-refractivity contribution in [2.75, 3.05) is 6.61 Å². The number of rotatable bonds is 4. The van der Waals surface area contributed by atoms with E-state index < -0.39 is 11.6 Å². The summed E-state index contributed by atoms with van der Waals surface area (Å²) in [4.78, 5) is 21.4. The fourth-order valence-electron chi connectivity index (χ4n) is 2.76. The Morgan fingerprint density at radius 1 is 1.50 bits per heavy atom. The van der Waals surface area contributed by atoms with E-state index in [4.69, 9.17) is 14.8 Å². The van der Waals surface area contributed by atoms with Crippen LogP contribution in [-0.2, 0) is 19.3 Å². The summed E-state index contributed by atoms with van der Waals surface area (Å²) in [6.07, 6.45) is 2.99. The van der Waals surface area contributed by atoms with E-state index in [1.165, 1.54) is 0 Å². The summed E-state index contributed by atoms with van der Waals surface area (Å²) in [5.41, 5.74) is 2.72. The summed E-state index contributed by atoms with van der Waals surface area (Å²) in [5, 5.41) is 8.76. The van der Waals surface area contributed by atoms with Crippen molar-refractivity contribution in [3.63, 3.8) is 0 Å². The second kappa shape index (κ2) is 5.10. The van der Waals surface area contributed by atoms with Gasteiger partial charge in [0.05, 0.1) is 6.61 Å². The predicted octanol–water partition coefficient (Wildman–Crippen LogP) is 2.29. The first-order valence-electron chi connectivity index (χ1n) is 6.79. The monoisotopic (exact) mass is 283 g/mol. The summed E-state index contributed by atoms with van der Waals surface area (Å²) < 4.78 is 5.63. The molecule has 0 bridgehead atoms. The Hall–Kier alpha value is -1.53. The third-order valence-corrected chi connectivity index (χ3v) is 3.73. The highest BCUT2D eigenvalue weighted by Crippen LogP contribution is 2.46. The summed E-state index contributed by atoms with van der Waals surface area (Å²) in [6.45, 7) is 8.33. The van der Waals surface area contributed by atoms with Gasteiger partial charge in [-0.05, 0) is 31.3 Å². The van der Waals surface area contributed by atoms with Crippen LogP contribution in [0.4, 0.5) is 0 Å². The van der Waals surface area contributed by atoms with Crippen LogP contribution >= 0.6 is 0 Å². The van der Waals surface area contributed by atoms with E-state index in [-0.39, 0.29) is 5.41 Å². The number of carbonyl (C=O) groups is 1. The highest BCUT2D eigenvalue weighted by atomic mass is 17.1. The molecule has 2 aliphatic rings. The lowest BCUT2D eigenvalue weighted by Crippen LogP contribution is -2.43. The Balaban J connectivity index is 2.49. The van der Waals surface area contributed by atoms with Gasteiger partial charge in [-0.1, -0.05) is 20.8 Å². The molecule has 1 heterocycles. The third-order valence-electron chi connectivity index (χ3n) is 3.73. The first-order valence-corrected chi connectivity index (χ1v) is 6.79. The summed E-state index contributed by atoms with van der Waals surface area (Å²) in [5.74, 6) is -0.147. The van der Waals surface area contributed by atoms with Gasteiger partial charge in [0.25, 0.3) is 0 Å². The molecule has 1 unspecified atom stereocenters. The van der Waals surface area contributed by atoms with E-state index in [1.807, 2.05) is 13.0 Å². The fourth-order valence-corrected chi connectivity index (χ4v) is 2.76. The van der Waals surface area contributed by atoms with Crippen LogP contribution < -0.4 is 5.48 Å². The molecular weight excluding hydrogens is 262 g/mol. The van der Waals surface area contributed by atoms with Crippen molar-refractivity contribution in [2.24, 2.45) is 5.41 Å². The van der Waals surface area contributed by atoms with Crippen molar-refractivity contribution in [1.29, 1.82) is 0 Å². The van der Waals surface area contributed by atoms with Gasteiger partial charge < -0.3 is 4.74 Å².